The predicted molar refractivity (Wildman–Crippen MR) is 158 cm³/mol. The Balaban J connectivity index is 1.78. The van der Waals surface area contributed by atoms with Crippen molar-refractivity contribution in [3.8, 4) is 16.9 Å². The molecule has 3 rings (SSSR count). The van der Waals surface area contributed by atoms with Crippen LogP contribution in [0, 0.1) is 17.5 Å². The second-order valence-electron chi connectivity index (χ2n) is 12.2. The van der Waals surface area contributed by atoms with Crippen molar-refractivity contribution >= 4 is 21.9 Å². The van der Waals surface area contributed by atoms with Crippen LogP contribution in [0.2, 0.25) is 0 Å². The molecule has 1 heterocycles. The number of amides is 1. The van der Waals surface area contributed by atoms with Crippen molar-refractivity contribution in [3.63, 3.8) is 0 Å². The molecule has 1 aromatic heterocycles. The van der Waals surface area contributed by atoms with Gasteiger partial charge in [0.25, 0.3) is 22.7 Å². The monoisotopic (exact) mass is 668 g/mol. The van der Waals surface area contributed by atoms with E-state index in [0.29, 0.717) is 5.56 Å². The number of sulfonamides is 1. The number of hydrazine groups is 1. The largest absolute Gasteiger partial charge is 0.569 e. The lowest BCUT2D eigenvalue weighted by Gasteiger charge is -2.29. The maximum Gasteiger partial charge on any atom is 0.435 e. The molecule has 0 unspecified atom stereocenters. The molecule has 17 heteroatoms. The number of rotatable bonds is 10. The van der Waals surface area contributed by atoms with Gasteiger partial charge in [-0.25, -0.2) is 17.8 Å². The highest BCUT2D eigenvalue weighted by Gasteiger charge is 2.36. The van der Waals surface area contributed by atoms with Crippen LogP contribution in [-0.2, 0) is 35.4 Å². The van der Waals surface area contributed by atoms with Gasteiger partial charge in [-0.1, -0.05) is 29.8 Å². The lowest BCUT2D eigenvalue weighted by atomic mass is 9.98. The molecule has 13 nitrogen and oxygen atoms in total. The van der Waals surface area contributed by atoms with E-state index in [1.54, 1.807) is 65.8 Å². The van der Waals surface area contributed by atoms with E-state index in [1.165, 1.54) is 12.1 Å². The molecule has 2 aromatic carbocycles. The first kappa shape index (κ1) is 35.8. The van der Waals surface area contributed by atoms with E-state index in [1.807, 2.05) is 11.6 Å². The number of hydrogen-bond donors (Lipinski definition) is 1. The quantitative estimate of drug-likeness (QED) is 0.0772. The molecule has 46 heavy (non-hydrogen) atoms. The molecule has 0 aliphatic heterocycles. The van der Waals surface area contributed by atoms with Crippen molar-refractivity contribution in [2.75, 3.05) is 13.3 Å². The van der Waals surface area contributed by atoms with Crippen LogP contribution in [0.25, 0.3) is 16.9 Å². The minimum atomic E-state index is -4.72. The number of halogens is 3. The second-order valence-corrected chi connectivity index (χ2v) is 13.9. The number of carbonyl (C=O) groups is 2. The number of alkyl halides is 3. The van der Waals surface area contributed by atoms with Crippen molar-refractivity contribution < 1.29 is 45.7 Å². The van der Waals surface area contributed by atoms with E-state index in [9.17, 15) is 36.4 Å². The Morgan fingerprint density at radius 1 is 1.02 bits per heavy atom. The SMILES string of the molecule is Cc1ccc(-c2cc(C(F)(F)F)nn2-c2ccc(S(=O)(=O)NC(=O)CN([N+]([O-])=NOCOC(=O)C(C)(C)C)C(C)(C)C)cc2)cc1. The van der Waals surface area contributed by atoms with E-state index in [-0.39, 0.29) is 21.2 Å². The van der Waals surface area contributed by atoms with Crippen LogP contribution >= 0.6 is 0 Å². The van der Waals surface area contributed by atoms with E-state index in [0.717, 1.165) is 33.5 Å². The van der Waals surface area contributed by atoms with E-state index in [4.69, 9.17) is 9.57 Å². The molecule has 0 aliphatic rings. The molecule has 0 saturated carbocycles. The zero-order valence-corrected chi connectivity index (χ0v) is 27.1. The Bertz CT molecular complexity index is 1690. The van der Waals surface area contributed by atoms with Crippen LogP contribution in [0.5, 0.6) is 0 Å². The highest BCUT2D eigenvalue weighted by atomic mass is 32.2. The summed E-state index contributed by atoms with van der Waals surface area (Å²) in [4.78, 5) is 28.9. The molecule has 0 saturated heterocycles. The number of ether oxygens (including phenoxy) is 1. The van der Waals surface area contributed by atoms with Crippen molar-refractivity contribution in [2.24, 2.45) is 10.7 Å². The van der Waals surface area contributed by atoms with Gasteiger partial charge in [0.05, 0.1) is 32.2 Å². The third-order valence-corrected chi connectivity index (χ3v) is 7.63. The van der Waals surface area contributed by atoms with Gasteiger partial charge < -0.3 is 14.8 Å². The number of nitrogens with zero attached hydrogens (tertiary/aromatic N) is 5. The Morgan fingerprint density at radius 2 is 1.61 bits per heavy atom. The van der Waals surface area contributed by atoms with Crippen molar-refractivity contribution in [1.82, 2.24) is 19.5 Å². The topological polar surface area (TPSA) is 158 Å². The standard InChI is InChI=1S/C29H35F3N6O7S/c1-19-8-10-20(11-9-19)23-16-24(29(30,31)32)33-37(23)21-12-14-22(15-13-21)46(42,43)34-25(39)17-36(28(5,6)7)38(41)35-45-18-44-26(40)27(2,3)4/h8-16H,17-18H2,1-7H3,(H,34,39). The smallest absolute Gasteiger partial charge is 0.435 e. The summed E-state index contributed by atoms with van der Waals surface area (Å²) < 4.78 is 74.3. The fourth-order valence-electron chi connectivity index (χ4n) is 3.76. The van der Waals surface area contributed by atoms with Crippen LogP contribution in [-0.4, -0.2) is 58.9 Å². The number of benzene rings is 2. The number of carbonyl (C=O) groups excluding carboxylic acids is 2. The summed E-state index contributed by atoms with van der Waals surface area (Å²) in [6, 6.07) is 12.3. The van der Waals surface area contributed by atoms with Gasteiger partial charge in [0.15, 0.2) is 12.2 Å². The molecule has 0 radical (unpaired) electrons. The summed E-state index contributed by atoms with van der Waals surface area (Å²) in [5, 5.41) is 20.4. The maximum atomic E-state index is 13.5. The van der Waals surface area contributed by atoms with E-state index in [2.05, 4.69) is 10.4 Å². The summed E-state index contributed by atoms with van der Waals surface area (Å²) in [5.74, 6) is -1.70. The second kappa shape index (κ2) is 13.4. The summed E-state index contributed by atoms with van der Waals surface area (Å²) in [6.45, 7) is 9.89. The zero-order chi connectivity index (χ0) is 34.7. The molecule has 0 aliphatic carbocycles. The maximum absolute atomic E-state index is 13.5. The summed E-state index contributed by atoms with van der Waals surface area (Å²) in [5.41, 5.74) is -1.38. The first-order valence-electron chi connectivity index (χ1n) is 13.7. The zero-order valence-electron chi connectivity index (χ0n) is 26.2. The molecule has 1 amide bonds. The van der Waals surface area contributed by atoms with E-state index < -0.39 is 58.1 Å². The van der Waals surface area contributed by atoms with Gasteiger partial charge in [-0.3, -0.25) is 9.59 Å². The number of aromatic nitrogens is 2. The summed E-state index contributed by atoms with van der Waals surface area (Å²) in [7, 11) is -4.48. The van der Waals surface area contributed by atoms with Crippen molar-refractivity contribution in [3.05, 3.63) is 71.1 Å². The lowest BCUT2D eigenvalue weighted by molar-refractivity contribution is -0.723. The van der Waals surface area contributed by atoms with Crippen LogP contribution in [0.1, 0.15) is 52.8 Å². The van der Waals surface area contributed by atoms with Gasteiger partial charge in [-0.05, 0) is 78.8 Å². The first-order valence-corrected chi connectivity index (χ1v) is 15.2. The van der Waals surface area contributed by atoms with E-state index >= 15 is 0 Å². The van der Waals surface area contributed by atoms with Gasteiger partial charge in [0.2, 0.25) is 5.28 Å². The number of nitrogens with one attached hydrogen (secondary N) is 1. The molecular formula is C29H35F3N6O7S. The fourth-order valence-corrected chi connectivity index (χ4v) is 4.73. The Kier molecular flexibility index (Phi) is 10.4. The lowest BCUT2D eigenvalue weighted by Crippen LogP contribution is -2.51. The van der Waals surface area contributed by atoms with Gasteiger partial charge in [-0.15, -0.1) is 5.01 Å². The Hall–Kier alpha value is -4.67. The molecule has 0 spiro atoms. The van der Waals surface area contributed by atoms with Crippen molar-refractivity contribution in [1.29, 1.82) is 0 Å². The van der Waals surface area contributed by atoms with Crippen molar-refractivity contribution in [2.45, 2.75) is 65.1 Å². The normalized spacial score (nSPS) is 12.9. The average molecular weight is 669 g/mol. The molecule has 3 aromatic rings. The highest BCUT2D eigenvalue weighted by molar-refractivity contribution is 7.90. The molecule has 250 valence electrons. The third-order valence-electron chi connectivity index (χ3n) is 6.24. The molecule has 0 bridgehead atoms. The first-order chi connectivity index (χ1) is 21.1. The summed E-state index contributed by atoms with van der Waals surface area (Å²) >= 11 is 0. The highest BCUT2D eigenvalue weighted by Crippen LogP contribution is 2.33. The van der Waals surface area contributed by atoms with Gasteiger partial charge in [0, 0.05) is 5.56 Å². The summed E-state index contributed by atoms with van der Waals surface area (Å²) in [6.07, 6.45) is -4.72. The molecule has 1 N–H and O–H groups in total. The minimum Gasteiger partial charge on any atom is -0.569 e. The minimum absolute atomic E-state index is 0.0726. The van der Waals surface area contributed by atoms with Gasteiger partial charge >= 0.3 is 12.1 Å². The molecular weight excluding hydrogens is 633 g/mol. The van der Waals surface area contributed by atoms with Gasteiger partial charge in [0.1, 0.15) is 0 Å². The molecule has 0 atom stereocenters. The van der Waals surface area contributed by atoms with Crippen LogP contribution < -0.4 is 4.72 Å². The predicted octanol–water partition coefficient (Wildman–Crippen LogP) is 5.13. The van der Waals surface area contributed by atoms with Crippen LogP contribution in [0.4, 0.5) is 13.2 Å². The van der Waals surface area contributed by atoms with Crippen LogP contribution in [0.3, 0.4) is 0 Å². The Labute approximate surface area is 264 Å². The number of esters is 1. The number of hydrogen-bond acceptors (Lipinski definition) is 9. The fraction of sp³-hybridized carbons (Fsp3) is 0.414. The van der Waals surface area contributed by atoms with Crippen LogP contribution in [0.15, 0.2) is 64.8 Å². The van der Waals surface area contributed by atoms with Gasteiger partial charge in [-0.2, -0.15) is 18.3 Å². The number of aryl methyl sites for hydroxylation is 1. The third kappa shape index (κ3) is 9.18. The Morgan fingerprint density at radius 3 is 2.13 bits per heavy atom. The molecule has 0 fully saturated rings. The average Bonchev–Trinajstić information content (AvgIpc) is 3.39.